The zero-order chi connectivity index (χ0) is 21.7. The Morgan fingerprint density at radius 2 is 1.80 bits per heavy atom. The first kappa shape index (κ1) is 22.5. The molecule has 152 valence electrons. The van der Waals surface area contributed by atoms with Crippen LogP contribution in [-0.2, 0) is 6.61 Å². The van der Waals surface area contributed by atoms with Gasteiger partial charge in [0, 0.05) is 25.1 Å². The average molecular weight is 524 g/mol. The Morgan fingerprint density at radius 3 is 2.47 bits per heavy atom. The van der Waals surface area contributed by atoms with Crippen molar-refractivity contribution in [3.8, 4) is 17.6 Å². The summed E-state index contributed by atoms with van der Waals surface area (Å²) < 4.78 is 12.1. The quantitative estimate of drug-likeness (QED) is 0.242. The van der Waals surface area contributed by atoms with Crippen LogP contribution in [0.3, 0.4) is 0 Å². The molecule has 7 heteroatoms. The van der Waals surface area contributed by atoms with Gasteiger partial charge in [0.05, 0.1) is 18.8 Å². The van der Waals surface area contributed by atoms with Crippen LogP contribution in [0.1, 0.15) is 16.7 Å². The van der Waals surface area contributed by atoms with Gasteiger partial charge in [-0.15, -0.1) is 0 Å². The third-order valence-corrected chi connectivity index (χ3v) is 5.75. The fourth-order valence-electron chi connectivity index (χ4n) is 2.72. The molecule has 0 saturated heterocycles. The van der Waals surface area contributed by atoms with Crippen molar-refractivity contribution in [1.82, 2.24) is 0 Å². The molecule has 0 amide bonds. The van der Waals surface area contributed by atoms with E-state index in [1.165, 1.54) is 0 Å². The Kier molecular flexibility index (Phi) is 7.69. The second-order valence-corrected chi connectivity index (χ2v) is 8.36. The summed E-state index contributed by atoms with van der Waals surface area (Å²) in [6, 6.07) is 18.2. The van der Waals surface area contributed by atoms with Crippen molar-refractivity contribution < 1.29 is 9.47 Å². The van der Waals surface area contributed by atoms with Crippen molar-refractivity contribution in [1.29, 1.82) is 5.26 Å². The highest BCUT2D eigenvalue weighted by atomic mass is 79.9. The molecule has 3 aromatic carbocycles. The molecule has 0 aliphatic carbocycles. The number of methoxy groups -OCH3 is 1. The molecule has 0 saturated carbocycles. The highest BCUT2D eigenvalue weighted by Crippen LogP contribution is 2.36. The smallest absolute Gasteiger partial charge is 0.162 e. The molecule has 0 spiro atoms. The van der Waals surface area contributed by atoms with Crippen LogP contribution in [0, 0.1) is 11.3 Å². The van der Waals surface area contributed by atoms with Gasteiger partial charge in [-0.25, -0.2) is 0 Å². The van der Waals surface area contributed by atoms with Gasteiger partial charge in [-0.2, -0.15) is 5.26 Å². The molecule has 0 aliphatic heterocycles. The zero-order valence-corrected chi connectivity index (χ0v) is 19.6. The number of ether oxygens (including phenoxy) is 2. The first-order valence-corrected chi connectivity index (χ1v) is 10.7. The average Bonchev–Trinajstić information content (AvgIpc) is 2.72. The number of nitriles is 1. The van der Waals surface area contributed by atoms with E-state index in [4.69, 9.17) is 44.3 Å². The molecule has 0 aliphatic rings. The minimum Gasteiger partial charge on any atom is -0.493 e. The fraction of sp³-hybridized carbons (Fsp3) is 0.0870. The Balaban J connectivity index is 1.90. The lowest BCUT2D eigenvalue weighted by atomic mass is 10.0. The number of benzene rings is 3. The van der Waals surface area contributed by atoms with E-state index in [-0.39, 0.29) is 6.61 Å². The van der Waals surface area contributed by atoms with Crippen LogP contribution in [0.4, 0.5) is 0 Å². The number of hydrogen-bond donors (Lipinski definition) is 0. The van der Waals surface area contributed by atoms with Gasteiger partial charge < -0.3 is 9.47 Å². The summed E-state index contributed by atoms with van der Waals surface area (Å²) in [5.74, 6) is 1.06. The summed E-state index contributed by atoms with van der Waals surface area (Å²) >= 11 is 21.8. The first-order chi connectivity index (χ1) is 14.4. The van der Waals surface area contributed by atoms with Gasteiger partial charge in [0.1, 0.15) is 6.61 Å². The Morgan fingerprint density at radius 1 is 1.03 bits per heavy atom. The van der Waals surface area contributed by atoms with Crippen LogP contribution in [0.25, 0.3) is 11.6 Å². The first-order valence-electron chi connectivity index (χ1n) is 8.73. The minimum atomic E-state index is 0.250. The van der Waals surface area contributed by atoms with E-state index >= 15 is 0 Å². The van der Waals surface area contributed by atoms with E-state index in [9.17, 15) is 5.26 Å². The van der Waals surface area contributed by atoms with E-state index in [1.807, 2.05) is 12.1 Å². The molecule has 0 heterocycles. The van der Waals surface area contributed by atoms with Gasteiger partial charge in [0.15, 0.2) is 11.5 Å². The summed E-state index contributed by atoms with van der Waals surface area (Å²) in [5, 5.41) is 11.3. The van der Waals surface area contributed by atoms with Crippen LogP contribution in [0.2, 0.25) is 15.1 Å². The number of nitrogens with zero attached hydrogens (tertiary/aromatic N) is 1. The van der Waals surface area contributed by atoms with Gasteiger partial charge in [0.25, 0.3) is 0 Å². The molecule has 0 aromatic heterocycles. The normalized spacial score (nSPS) is 11.1. The highest BCUT2D eigenvalue weighted by molar-refractivity contribution is 9.10. The largest absolute Gasteiger partial charge is 0.493 e. The third kappa shape index (κ3) is 5.50. The van der Waals surface area contributed by atoms with Crippen LogP contribution >= 0.6 is 50.7 Å². The van der Waals surface area contributed by atoms with Crippen LogP contribution in [0.15, 0.2) is 59.1 Å². The molecule has 0 bridgehead atoms. The molecule has 3 nitrogen and oxygen atoms in total. The van der Waals surface area contributed by atoms with E-state index in [1.54, 1.807) is 55.7 Å². The second-order valence-electron chi connectivity index (χ2n) is 6.23. The van der Waals surface area contributed by atoms with Crippen LogP contribution < -0.4 is 9.47 Å². The van der Waals surface area contributed by atoms with Crippen molar-refractivity contribution in [2.24, 2.45) is 0 Å². The molecule has 3 rings (SSSR count). The van der Waals surface area contributed by atoms with Crippen molar-refractivity contribution in [2.45, 2.75) is 6.61 Å². The predicted octanol–water partition coefficient (Wildman–Crippen LogP) is 8.06. The zero-order valence-electron chi connectivity index (χ0n) is 15.8. The number of hydrogen-bond acceptors (Lipinski definition) is 3. The maximum atomic E-state index is 9.60. The molecule has 0 radical (unpaired) electrons. The van der Waals surface area contributed by atoms with E-state index in [0.717, 1.165) is 21.2 Å². The SMILES string of the molecule is COc1cc(C=C(C#N)c2cccc(Cl)c2)c(Br)cc1OCc1ccc(Cl)cc1Cl. The van der Waals surface area contributed by atoms with Crippen molar-refractivity contribution in [2.75, 3.05) is 7.11 Å². The number of halogens is 4. The molecule has 3 aromatic rings. The Labute approximate surface area is 198 Å². The maximum absolute atomic E-state index is 9.60. The lowest BCUT2D eigenvalue weighted by Gasteiger charge is -2.14. The van der Waals surface area contributed by atoms with E-state index in [0.29, 0.717) is 32.1 Å². The monoisotopic (exact) mass is 521 g/mol. The summed E-state index contributed by atoms with van der Waals surface area (Å²) in [4.78, 5) is 0. The summed E-state index contributed by atoms with van der Waals surface area (Å²) in [6.07, 6.45) is 1.76. The summed E-state index contributed by atoms with van der Waals surface area (Å²) in [7, 11) is 1.56. The number of rotatable bonds is 6. The standard InChI is InChI=1S/C23H15BrCl3NO2/c1-29-22-9-16(7-17(12-28)14-3-2-4-18(25)8-14)20(24)11-23(22)30-13-15-5-6-19(26)10-21(15)27/h2-11H,13H2,1H3. The van der Waals surface area contributed by atoms with Gasteiger partial charge in [-0.3, -0.25) is 0 Å². The summed E-state index contributed by atoms with van der Waals surface area (Å²) in [5.41, 5.74) is 2.77. The molecular formula is C23H15BrCl3NO2. The van der Waals surface area contributed by atoms with E-state index in [2.05, 4.69) is 22.0 Å². The van der Waals surface area contributed by atoms with Gasteiger partial charge in [0.2, 0.25) is 0 Å². The molecular weight excluding hydrogens is 509 g/mol. The minimum absolute atomic E-state index is 0.250. The third-order valence-electron chi connectivity index (χ3n) is 4.24. The summed E-state index contributed by atoms with van der Waals surface area (Å²) in [6.45, 7) is 0.250. The lowest BCUT2D eigenvalue weighted by Crippen LogP contribution is -1.99. The Hall–Kier alpha value is -2.16. The maximum Gasteiger partial charge on any atom is 0.162 e. The van der Waals surface area contributed by atoms with Gasteiger partial charge in [-0.1, -0.05) is 68.9 Å². The predicted molar refractivity (Wildman–Crippen MR) is 126 cm³/mol. The topological polar surface area (TPSA) is 42.2 Å². The second kappa shape index (κ2) is 10.2. The molecule has 0 N–H and O–H groups in total. The number of allylic oxidation sites excluding steroid dienone is 1. The molecule has 0 unspecified atom stereocenters. The molecule has 0 fully saturated rings. The van der Waals surface area contributed by atoms with Gasteiger partial charge >= 0.3 is 0 Å². The Bertz CT molecular complexity index is 1160. The van der Waals surface area contributed by atoms with Gasteiger partial charge in [-0.05, 0) is 53.6 Å². The van der Waals surface area contributed by atoms with E-state index < -0.39 is 0 Å². The van der Waals surface area contributed by atoms with Crippen molar-refractivity contribution in [3.63, 3.8) is 0 Å². The lowest BCUT2D eigenvalue weighted by molar-refractivity contribution is 0.284. The van der Waals surface area contributed by atoms with Crippen molar-refractivity contribution >= 4 is 62.4 Å². The van der Waals surface area contributed by atoms with Crippen LogP contribution in [0.5, 0.6) is 11.5 Å². The highest BCUT2D eigenvalue weighted by Gasteiger charge is 2.12. The molecule has 0 atom stereocenters. The van der Waals surface area contributed by atoms with Crippen LogP contribution in [-0.4, -0.2) is 7.11 Å². The van der Waals surface area contributed by atoms with Crippen molar-refractivity contribution in [3.05, 3.63) is 90.8 Å². The molecule has 30 heavy (non-hydrogen) atoms. The fourth-order valence-corrected chi connectivity index (χ4v) is 3.81.